The number of imidazole rings is 1. The lowest BCUT2D eigenvalue weighted by Crippen LogP contribution is -2.02. The van der Waals surface area contributed by atoms with Gasteiger partial charge in [-0.1, -0.05) is 24.3 Å². The molecule has 4 nitrogen and oxygen atoms in total. The normalized spacial score (nSPS) is 10.8. The molecule has 5 heteroatoms. The van der Waals surface area contributed by atoms with Crippen LogP contribution >= 0.6 is 0 Å². The maximum atomic E-state index is 13.3. The molecule has 2 N–H and O–H groups in total. The number of hydrogen-bond acceptors (Lipinski definition) is 2. The molecule has 0 amide bonds. The molecule has 0 fully saturated rings. The van der Waals surface area contributed by atoms with E-state index in [0.717, 1.165) is 27.9 Å². The SMILES string of the molecule is Cc1ccccc1-c1nc(-c2ccc(F)cc2)c(-c2cc[nH]c(=O)c2)[nH]1. The number of rotatable bonds is 3. The number of aromatic amines is 2. The molecule has 0 aliphatic rings. The number of H-pyrrole nitrogens is 2. The van der Waals surface area contributed by atoms with Crippen LogP contribution < -0.4 is 5.56 Å². The molecule has 0 spiro atoms. The van der Waals surface area contributed by atoms with Gasteiger partial charge < -0.3 is 9.97 Å². The third kappa shape index (κ3) is 2.95. The van der Waals surface area contributed by atoms with Crippen molar-refractivity contribution in [3.8, 4) is 33.9 Å². The number of halogens is 1. The maximum absolute atomic E-state index is 13.3. The van der Waals surface area contributed by atoms with Crippen LogP contribution in [0.4, 0.5) is 4.39 Å². The first-order valence-corrected chi connectivity index (χ1v) is 8.23. The molecule has 4 rings (SSSR count). The fraction of sp³-hybridized carbons (Fsp3) is 0.0476. The Morgan fingerprint density at radius 2 is 1.73 bits per heavy atom. The Balaban J connectivity index is 1.95. The fourth-order valence-corrected chi connectivity index (χ4v) is 2.97. The minimum atomic E-state index is -0.305. The Hall–Kier alpha value is -3.47. The van der Waals surface area contributed by atoms with Gasteiger partial charge in [-0.2, -0.15) is 0 Å². The second kappa shape index (κ2) is 6.44. The highest BCUT2D eigenvalue weighted by Gasteiger charge is 2.16. The van der Waals surface area contributed by atoms with Crippen LogP contribution in [0.1, 0.15) is 5.56 Å². The lowest BCUT2D eigenvalue weighted by molar-refractivity contribution is 0.628. The van der Waals surface area contributed by atoms with Gasteiger partial charge >= 0.3 is 0 Å². The predicted molar refractivity (Wildman–Crippen MR) is 100 cm³/mol. The largest absolute Gasteiger partial charge is 0.337 e. The molecule has 0 aliphatic carbocycles. The highest BCUT2D eigenvalue weighted by molar-refractivity contribution is 5.81. The van der Waals surface area contributed by atoms with Gasteiger partial charge in [-0.25, -0.2) is 9.37 Å². The van der Waals surface area contributed by atoms with E-state index in [1.165, 1.54) is 18.2 Å². The number of benzene rings is 2. The van der Waals surface area contributed by atoms with E-state index in [0.29, 0.717) is 11.5 Å². The molecule has 0 saturated heterocycles. The Morgan fingerprint density at radius 3 is 2.46 bits per heavy atom. The van der Waals surface area contributed by atoms with E-state index >= 15 is 0 Å². The molecule has 0 saturated carbocycles. The third-order valence-corrected chi connectivity index (χ3v) is 4.29. The smallest absolute Gasteiger partial charge is 0.248 e. The van der Waals surface area contributed by atoms with Crippen molar-refractivity contribution in [2.75, 3.05) is 0 Å². The molecule has 26 heavy (non-hydrogen) atoms. The Bertz CT molecular complexity index is 1130. The molecule has 0 bridgehead atoms. The summed E-state index contributed by atoms with van der Waals surface area (Å²) in [5.41, 5.74) is 4.77. The van der Waals surface area contributed by atoms with Crippen LogP contribution in [0.5, 0.6) is 0 Å². The Morgan fingerprint density at radius 1 is 0.962 bits per heavy atom. The quantitative estimate of drug-likeness (QED) is 0.572. The summed E-state index contributed by atoms with van der Waals surface area (Å²) in [5.74, 6) is 0.402. The van der Waals surface area contributed by atoms with E-state index in [4.69, 9.17) is 4.98 Å². The van der Waals surface area contributed by atoms with E-state index in [1.807, 2.05) is 37.3 Å². The average Bonchev–Trinajstić information content (AvgIpc) is 3.08. The van der Waals surface area contributed by atoms with Gasteiger partial charge in [-0.05, 0) is 42.8 Å². The number of nitrogens with one attached hydrogen (secondary N) is 2. The van der Waals surface area contributed by atoms with Crippen LogP contribution in [0.25, 0.3) is 33.9 Å². The Labute approximate surface area is 149 Å². The minimum absolute atomic E-state index is 0.195. The van der Waals surface area contributed by atoms with Crippen LogP contribution in [0, 0.1) is 12.7 Å². The van der Waals surface area contributed by atoms with Gasteiger partial charge in [0.05, 0.1) is 11.4 Å². The molecule has 0 radical (unpaired) electrons. The summed E-state index contributed by atoms with van der Waals surface area (Å²) in [7, 11) is 0. The van der Waals surface area contributed by atoms with Crippen LogP contribution in [0.2, 0.25) is 0 Å². The zero-order valence-electron chi connectivity index (χ0n) is 14.1. The first-order chi connectivity index (χ1) is 12.6. The van der Waals surface area contributed by atoms with Gasteiger partial charge in [0.25, 0.3) is 0 Å². The fourth-order valence-electron chi connectivity index (χ4n) is 2.97. The second-order valence-corrected chi connectivity index (χ2v) is 6.07. The summed E-state index contributed by atoms with van der Waals surface area (Å²) >= 11 is 0. The van der Waals surface area contributed by atoms with Crippen LogP contribution in [0.15, 0.2) is 71.7 Å². The molecule has 0 atom stereocenters. The van der Waals surface area contributed by atoms with Crippen LogP contribution in [-0.2, 0) is 0 Å². The molecule has 2 aromatic carbocycles. The number of hydrogen-bond donors (Lipinski definition) is 2. The van der Waals surface area contributed by atoms with E-state index in [-0.39, 0.29) is 11.4 Å². The predicted octanol–water partition coefficient (Wildman–Crippen LogP) is 4.55. The van der Waals surface area contributed by atoms with Crippen molar-refractivity contribution < 1.29 is 4.39 Å². The zero-order chi connectivity index (χ0) is 18.1. The minimum Gasteiger partial charge on any atom is -0.337 e. The number of pyridine rings is 1. The summed E-state index contributed by atoms with van der Waals surface area (Å²) in [6, 6.07) is 17.4. The molecule has 4 aromatic rings. The van der Waals surface area contributed by atoms with Crippen LogP contribution in [0.3, 0.4) is 0 Å². The highest BCUT2D eigenvalue weighted by Crippen LogP contribution is 2.33. The second-order valence-electron chi connectivity index (χ2n) is 6.07. The topological polar surface area (TPSA) is 61.5 Å². The number of nitrogens with zero attached hydrogens (tertiary/aromatic N) is 1. The van der Waals surface area contributed by atoms with Crippen molar-refractivity contribution in [2.24, 2.45) is 0 Å². The van der Waals surface area contributed by atoms with Crippen molar-refractivity contribution in [1.82, 2.24) is 15.0 Å². The van der Waals surface area contributed by atoms with E-state index < -0.39 is 0 Å². The summed E-state index contributed by atoms with van der Waals surface area (Å²) in [6.45, 7) is 2.02. The van der Waals surface area contributed by atoms with Gasteiger partial charge in [0, 0.05) is 29.0 Å². The molecule has 0 unspecified atom stereocenters. The lowest BCUT2D eigenvalue weighted by atomic mass is 10.1. The standard InChI is InChI=1S/C21H16FN3O/c1-13-4-2-3-5-17(13)21-24-19(14-6-8-16(22)9-7-14)20(25-21)15-10-11-23-18(26)12-15/h2-12H,1H3,(H,23,26)(H,24,25). The van der Waals surface area contributed by atoms with Crippen molar-refractivity contribution in [3.63, 3.8) is 0 Å². The maximum Gasteiger partial charge on any atom is 0.248 e. The highest BCUT2D eigenvalue weighted by atomic mass is 19.1. The summed E-state index contributed by atoms with van der Waals surface area (Å²) in [5, 5.41) is 0. The molecule has 2 aromatic heterocycles. The molecular formula is C21H16FN3O. The van der Waals surface area contributed by atoms with Crippen LogP contribution in [-0.4, -0.2) is 15.0 Å². The Kier molecular flexibility index (Phi) is 3.97. The zero-order valence-corrected chi connectivity index (χ0v) is 14.1. The summed E-state index contributed by atoms with van der Waals surface area (Å²) in [6.07, 6.45) is 1.60. The third-order valence-electron chi connectivity index (χ3n) is 4.29. The first kappa shape index (κ1) is 16.0. The van der Waals surface area contributed by atoms with Gasteiger partial charge in [0.2, 0.25) is 5.56 Å². The van der Waals surface area contributed by atoms with Crippen molar-refractivity contribution >= 4 is 0 Å². The van der Waals surface area contributed by atoms with Gasteiger partial charge in [-0.3, -0.25) is 4.79 Å². The van der Waals surface area contributed by atoms with Crippen molar-refractivity contribution in [3.05, 3.63) is 88.6 Å². The number of aromatic nitrogens is 3. The molecule has 128 valence electrons. The monoisotopic (exact) mass is 345 g/mol. The van der Waals surface area contributed by atoms with E-state index in [9.17, 15) is 9.18 Å². The average molecular weight is 345 g/mol. The van der Waals surface area contributed by atoms with Gasteiger partial charge in [0.1, 0.15) is 11.6 Å². The molecular weight excluding hydrogens is 329 g/mol. The number of aryl methyl sites for hydroxylation is 1. The van der Waals surface area contributed by atoms with E-state index in [1.54, 1.807) is 18.3 Å². The summed E-state index contributed by atoms with van der Waals surface area (Å²) < 4.78 is 13.3. The lowest BCUT2D eigenvalue weighted by Gasteiger charge is -2.02. The van der Waals surface area contributed by atoms with Gasteiger partial charge in [0.15, 0.2) is 0 Å². The first-order valence-electron chi connectivity index (χ1n) is 8.23. The molecule has 0 aliphatic heterocycles. The molecule has 2 heterocycles. The van der Waals surface area contributed by atoms with Crippen molar-refractivity contribution in [1.29, 1.82) is 0 Å². The van der Waals surface area contributed by atoms with Crippen molar-refractivity contribution in [2.45, 2.75) is 6.92 Å². The summed E-state index contributed by atoms with van der Waals surface area (Å²) in [4.78, 5) is 22.5. The van der Waals surface area contributed by atoms with Gasteiger partial charge in [-0.15, -0.1) is 0 Å². The van der Waals surface area contributed by atoms with E-state index in [2.05, 4.69) is 9.97 Å².